The Bertz CT molecular complexity index is 178. The molecule has 0 spiro atoms. The maximum atomic E-state index is 5.27. The smallest absolute Gasteiger partial charge is 0.205 e. The normalized spacial score (nSPS) is 11.6. The molecule has 0 aromatic rings. The van der Waals surface area contributed by atoms with Gasteiger partial charge in [0.2, 0.25) is 5.96 Å². The number of aliphatic imine (C=N–C) groups is 1. The quantitative estimate of drug-likeness (QED) is 0.151. The van der Waals surface area contributed by atoms with Crippen molar-refractivity contribution in [2.45, 2.75) is 0 Å². The van der Waals surface area contributed by atoms with Crippen molar-refractivity contribution in [2.75, 3.05) is 53.7 Å². The van der Waals surface area contributed by atoms with Gasteiger partial charge in [-0.2, -0.15) is 0 Å². The third-order valence-corrected chi connectivity index (χ3v) is 1.67. The van der Waals surface area contributed by atoms with Crippen LogP contribution in [0.1, 0.15) is 0 Å². The Morgan fingerprint density at radius 2 is 1.88 bits per heavy atom. The number of hydrogen-bond acceptors (Lipinski definition) is 5. The van der Waals surface area contributed by atoms with E-state index in [-0.39, 0.29) is 0 Å². The number of methoxy groups -OCH3 is 2. The van der Waals surface area contributed by atoms with E-state index in [2.05, 4.69) is 15.7 Å². The molecule has 0 heterocycles. The summed E-state index contributed by atoms with van der Waals surface area (Å²) in [5.74, 6) is 5.81. The van der Waals surface area contributed by atoms with Crippen molar-refractivity contribution in [3.05, 3.63) is 0 Å². The molecule has 16 heavy (non-hydrogen) atoms. The van der Waals surface area contributed by atoms with Crippen molar-refractivity contribution in [3.8, 4) is 0 Å². The largest absolute Gasteiger partial charge is 0.383 e. The van der Waals surface area contributed by atoms with E-state index in [1.807, 2.05) is 0 Å². The van der Waals surface area contributed by atoms with E-state index in [1.54, 1.807) is 14.2 Å². The molecule has 0 aromatic carbocycles. The van der Waals surface area contributed by atoms with Gasteiger partial charge < -0.3 is 19.5 Å². The first-order valence-electron chi connectivity index (χ1n) is 5.15. The zero-order chi connectivity index (χ0) is 12.1. The average molecular weight is 234 g/mol. The summed E-state index contributed by atoms with van der Waals surface area (Å²) in [7, 11) is 3.27. The Kier molecular flexibility index (Phi) is 11.5. The van der Waals surface area contributed by atoms with Crippen LogP contribution in [-0.4, -0.2) is 59.7 Å². The van der Waals surface area contributed by atoms with Crippen LogP contribution >= 0.6 is 0 Å². The summed E-state index contributed by atoms with van der Waals surface area (Å²) < 4.78 is 15.0. The van der Waals surface area contributed by atoms with Crippen molar-refractivity contribution in [3.63, 3.8) is 0 Å². The van der Waals surface area contributed by atoms with Gasteiger partial charge in [-0.3, -0.25) is 5.43 Å². The maximum absolute atomic E-state index is 5.27. The molecule has 0 radical (unpaired) electrons. The minimum Gasteiger partial charge on any atom is -0.383 e. The number of nitrogens with two attached hydrogens (primary N) is 1. The van der Waals surface area contributed by atoms with E-state index in [9.17, 15) is 0 Å². The van der Waals surface area contributed by atoms with Crippen molar-refractivity contribution in [1.29, 1.82) is 0 Å². The zero-order valence-electron chi connectivity index (χ0n) is 9.99. The lowest BCUT2D eigenvalue weighted by Crippen LogP contribution is -2.43. The first-order valence-corrected chi connectivity index (χ1v) is 5.15. The van der Waals surface area contributed by atoms with E-state index in [0.717, 1.165) is 0 Å². The molecule has 0 saturated carbocycles. The lowest BCUT2D eigenvalue weighted by Gasteiger charge is -2.08. The number of ether oxygens (including phenoxy) is 3. The van der Waals surface area contributed by atoms with Gasteiger partial charge in [0, 0.05) is 20.8 Å². The molecule has 0 aliphatic heterocycles. The Hall–Kier alpha value is -0.890. The van der Waals surface area contributed by atoms with Gasteiger partial charge >= 0.3 is 0 Å². The number of nitrogens with zero attached hydrogens (tertiary/aromatic N) is 1. The highest BCUT2D eigenvalue weighted by molar-refractivity contribution is 5.79. The molecule has 0 aliphatic rings. The molecule has 0 aromatic heterocycles. The highest BCUT2D eigenvalue weighted by Crippen LogP contribution is 1.78. The van der Waals surface area contributed by atoms with Crippen LogP contribution in [0.2, 0.25) is 0 Å². The summed E-state index contributed by atoms with van der Waals surface area (Å²) in [5, 5.41) is 2.98. The van der Waals surface area contributed by atoms with Crippen LogP contribution in [0.5, 0.6) is 0 Å². The van der Waals surface area contributed by atoms with E-state index < -0.39 is 0 Å². The second-order valence-corrected chi connectivity index (χ2v) is 2.90. The predicted octanol–water partition coefficient (Wildman–Crippen LogP) is -1.30. The molecule has 4 N–H and O–H groups in total. The fraction of sp³-hybridized carbons (Fsp3) is 0.889. The lowest BCUT2D eigenvalue weighted by atomic mass is 10.6. The highest BCUT2D eigenvalue weighted by Gasteiger charge is 1.94. The molecule has 96 valence electrons. The van der Waals surface area contributed by atoms with Crippen molar-refractivity contribution in [2.24, 2.45) is 10.8 Å². The van der Waals surface area contributed by atoms with Crippen molar-refractivity contribution in [1.82, 2.24) is 10.7 Å². The molecule has 0 rings (SSSR count). The van der Waals surface area contributed by atoms with E-state index in [4.69, 9.17) is 20.1 Å². The molecular formula is C9H22N4O3. The molecule has 7 heteroatoms. The molecule has 0 aliphatic carbocycles. The summed E-state index contributed by atoms with van der Waals surface area (Å²) in [6, 6.07) is 0. The first-order chi connectivity index (χ1) is 7.85. The summed E-state index contributed by atoms with van der Waals surface area (Å²) in [6.07, 6.45) is 0. The SMILES string of the molecule is COCCNC(=NCCOCCOC)NN. The fourth-order valence-electron chi connectivity index (χ4n) is 0.890. The van der Waals surface area contributed by atoms with Gasteiger partial charge in [-0.05, 0) is 0 Å². The summed E-state index contributed by atoms with van der Waals surface area (Å²) >= 11 is 0. The number of rotatable bonds is 9. The van der Waals surface area contributed by atoms with Crippen LogP contribution in [-0.2, 0) is 14.2 Å². The number of hydrogen-bond donors (Lipinski definition) is 3. The standard InChI is InChI=1S/C9H22N4O3/c1-14-5-3-11-9(13-10)12-4-6-16-8-7-15-2/h3-8,10H2,1-2H3,(H2,11,12,13). The molecule has 0 saturated heterocycles. The van der Waals surface area contributed by atoms with Gasteiger partial charge in [-0.25, -0.2) is 10.8 Å². The monoisotopic (exact) mass is 234 g/mol. The molecule has 0 amide bonds. The minimum absolute atomic E-state index is 0.535. The summed E-state index contributed by atoms with van der Waals surface area (Å²) in [4.78, 5) is 4.16. The third kappa shape index (κ3) is 9.66. The Morgan fingerprint density at radius 1 is 1.12 bits per heavy atom. The van der Waals surface area contributed by atoms with E-state index >= 15 is 0 Å². The van der Waals surface area contributed by atoms with Crippen molar-refractivity contribution >= 4 is 5.96 Å². The fourth-order valence-corrected chi connectivity index (χ4v) is 0.890. The van der Waals surface area contributed by atoms with Crippen LogP contribution in [0.3, 0.4) is 0 Å². The van der Waals surface area contributed by atoms with Gasteiger partial charge in [-0.1, -0.05) is 0 Å². The van der Waals surface area contributed by atoms with Crippen LogP contribution in [0.15, 0.2) is 4.99 Å². The number of guanidine groups is 1. The van der Waals surface area contributed by atoms with Gasteiger partial charge in [0.25, 0.3) is 0 Å². The topological polar surface area (TPSA) is 90.1 Å². The third-order valence-electron chi connectivity index (χ3n) is 1.67. The molecule has 0 bridgehead atoms. The number of nitrogens with one attached hydrogen (secondary N) is 2. The van der Waals surface area contributed by atoms with Crippen molar-refractivity contribution < 1.29 is 14.2 Å². The minimum atomic E-state index is 0.535. The van der Waals surface area contributed by atoms with E-state index in [1.165, 1.54) is 0 Å². The van der Waals surface area contributed by atoms with Gasteiger partial charge in [0.1, 0.15) is 0 Å². The lowest BCUT2D eigenvalue weighted by molar-refractivity contribution is 0.0748. The maximum Gasteiger partial charge on any atom is 0.205 e. The Balaban J connectivity index is 3.47. The highest BCUT2D eigenvalue weighted by atomic mass is 16.5. The second kappa shape index (κ2) is 12.2. The summed E-state index contributed by atoms with van der Waals surface area (Å²) in [5.41, 5.74) is 2.47. The van der Waals surface area contributed by atoms with Gasteiger partial charge in [0.05, 0.1) is 33.0 Å². The predicted molar refractivity (Wildman–Crippen MR) is 62.2 cm³/mol. The van der Waals surface area contributed by atoms with Crippen LogP contribution in [0, 0.1) is 0 Å². The van der Waals surface area contributed by atoms with Gasteiger partial charge in [0.15, 0.2) is 0 Å². The molecule has 0 unspecified atom stereocenters. The van der Waals surface area contributed by atoms with Crippen LogP contribution in [0.4, 0.5) is 0 Å². The molecule has 0 fully saturated rings. The molecule has 7 nitrogen and oxygen atoms in total. The van der Waals surface area contributed by atoms with Gasteiger partial charge in [-0.15, -0.1) is 0 Å². The zero-order valence-corrected chi connectivity index (χ0v) is 9.99. The van der Waals surface area contributed by atoms with Crippen LogP contribution in [0.25, 0.3) is 0 Å². The van der Waals surface area contributed by atoms with E-state index in [0.29, 0.717) is 45.5 Å². The van der Waals surface area contributed by atoms with Crippen LogP contribution < -0.4 is 16.6 Å². The second-order valence-electron chi connectivity index (χ2n) is 2.90. The Labute approximate surface area is 96.3 Å². The molecular weight excluding hydrogens is 212 g/mol. The number of hydrazine groups is 1. The Morgan fingerprint density at radius 3 is 2.50 bits per heavy atom. The first kappa shape index (κ1) is 15.1. The average Bonchev–Trinajstić information content (AvgIpc) is 2.31. The summed E-state index contributed by atoms with van der Waals surface area (Å²) in [6.45, 7) is 3.52. The molecule has 0 atom stereocenters.